The van der Waals surface area contributed by atoms with Crippen molar-refractivity contribution < 1.29 is 27.1 Å². The molecule has 2 heterocycles. The number of aliphatic hydroxyl groups is 1. The van der Waals surface area contributed by atoms with E-state index in [1.54, 1.807) is 6.92 Å². The van der Waals surface area contributed by atoms with Gasteiger partial charge in [-0.2, -0.15) is 4.98 Å². The fourth-order valence-electron chi connectivity index (χ4n) is 3.78. The van der Waals surface area contributed by atoms with Gasteiger partial charge in [0.25, 0.3) is 12.2 Å². The lowest BCUT2D eigenvalue weighted by molar-refractivity contribution is 0.123. The molecule has 1 atom stereocenters. The van der Waals surface area contributed by atoms with Gasteiger partial charge in [0.2, 0.25) is 0 Å². The van der Waals surface area contributed by atoms with Gasteiger partial charge in [0.15, 0.2) is 11.6 Å². The summed E-state index contributed by atoms with van der Waals surface area (Å²) in [5, 5.41) is 17.5. The van der Waals surface area contributed by atoms with Crippen molar-refractivity contribution in [1.29, 1.82) is 0 Å². The van der Waals surface area contributed by atoms with E-state index >= 15 is 4.39 Å². The Morgan fingerprint density at radius 2 is 1.91 bits per heavy atom. The minimum atomic E-state index is -2.95. The fraction of sp³-hybridized carbons (Fsp3) is 0.261. The molecule has 34 heavy (non-hydrogen) atoms. The normalized spacial score (nSPS) is 13.4. The number of aryl methyl sites for hydroxylation is 1. The van der Waals surface area contributed by atoms with Crippen LogP contribution in [0.15, 0.2) is 30.3 Å². The SMILES string of the molecule is C#CC(C)(O)Cc1cc(F)cc(N(CC(F)F)c2nc3nnc(C)n3c3ccc(F)c(F)c23)c1. The van der Waals surface area contributed by atoms with E-state index < -0.39 is 47.2 Å². The smallest absolute Gasteiger partial charge is 0.257 e. The summed E-state index contributed by atoms with van der Waals surface area (Å²) in [6.45, 7) is 1.88. The molecule has 0 saturated carbocycles. The maximum atomic E-state index is 15.1. The number of benzene rings is 2. The van der Waals surface area contributed by atoms with Gasteiger partial charge in [0.1, 0.15) is 23.1 Å². The molecule has 2 aromatic heterocycles. The number of nitrogens with zero attached hydrogens (tertiary/aromatic N) is 5. The third-order valence-electron chi connectivity index (χ3n) is 5.24. The minimum absolute atomic E-state index is 0.0443. The number of terminal acetylenes is 1. The van der Waals surface area contributed by atoms with Gasteiger partial charge in [0.05, 0.1) is 17.4 Å². The van der Waals surface area contributed by atoms with E-state index in [0.717, 1.165) is 23.1 Å². The molecule has 11 heteroatoms. The molecule has 0 aliphatic rings. The Morgan fingerprint density at radius 1 is 1.18 bits per heavy atom. The van der Waals surface area contributed by atoms with E-state index in [1.165, 1.54) is 23.5 Å². The van der Waals surface area contributed by atoms with Gasteiger partial charge < -0.3 is 10.0 Å². The largest absolute Gasteiger partial charge is 0.378 e. The molecule has 4 aromatic rings. The van der Waals surface area contributed by atoms with Crippen molar-refractivity contribution in [2.75, 3.05) is 11.4 Å². The molecule has 6 nitrogen and oxygen atoms in total. The number of rotatable bonds is 6. The highest BCUT2D eigenvalue weighted by Crippen LogP contribution is 2.35. The average molecular weight is 475 g/mol. The van der Waals surface area contributed by atoms with Crippen molar-refractivity contribution in [3.8, 4) is 12.3 Å². The Labute approximate surface area is 190 Å². The second-order valence-electron chi connectivity index (χ2n) is 7.99. The van der Waals surface area contributed by atoms with Gasteiger partial charge in [-0.3, -0.25) is 4.40 Å². The first-order valence-electron chi connectivity index (χ1n) is 10.1. The predicted molar refractivity (Wildman–Crippen MR) is 116 cm³/mol. The van der Waals surface area contributed by atoms with Gasteiger partial charge >= 0.3 is 0 Å². The second-order valence-corrected chi connectivity index (χ2v) is 7.99. The summed E-state index contributed by atoms with van der Waals surface area (Å²) in [5.74, 6) is -1.31. The third kappa shape index (κ3) is 4.24. The van der Waals surface area contributed by atoms with Crippen LogP contribution in [0.25, 0.3) is 16.7 Å². The number of hydrogen-bond donors (Lipinski definition) is 1. The Bertz CT molecular complexity index is 1440. The summed E-state index contributed by atoms with van der Waals surface area (Å²) in [7, 11) is 0. The molecular formula is C23H18F5N5O. The van der Waals surface area contributed by atoms with Gasteiger partial charge in [-0.25, -0.2) is 22.0 Å². The Kier molecular flexibility index (Phi) is 5.87. The Morgan fingerprint density at radius 3 is 2.59 bits per heavy atom. The number of aromatic nitrogens is 4. The van der Waals surface area contributed by atoms with Gasteiger partial charge in [0, 0.05) is 12.1 Å². The highest BCUT2D eigenvalue weighted by atomic mass is 19.3. The standard InChI is InChI=1S/C23H18F5N5O/c1-4-23(3,34)10-13-7-14(24)9-15(8-13)32(11-18(26)27)21-19-17(6-5-16(25)20(19)28)33-12(2)30-31-22(33)29-21/h1,5-9,18,34H,10-11H2,2-3H3. The van der Waals surface area contributed by atoms with Crippen molar-refractivity contribution in [3.63, 3.8) is 0 Å². The number of fused-ring (bicyclic) bond motifs is 3. The quantitative estimate of drug-likeness (QED) is 0.332. The Balaban J connectivity index is 2.01. The van der Waals surface area contributed by atoms with Crippen LogP contribution >= 0.6 is 0 Å². The zero-order valence-electron chi connectivity index (χ0n) is 18.0. The highest BCUT2D eigenvalue weighted by molar-refractivity contribution is 5.94. The summed E-state index contributed by atoms with van der Waals surface area (Å²) >= 11 is 0. The molecule has 0 amide bonds. The van der Waals surface area contributed by atoms with E-state index in [9.17, 15) is 22.7 Å². The molecule has 0 spiro atoms. The molecule has 0 saturated heterocycles. The second kappa shape index (κ2) is 8.53. The van der Waals surface area contributed by atoms with Gasteiger partial charge in [-0.05, 0) is 49.7 Å². The van der Waals surface area contributed by atoms with Gasteiger partial charge in [-0.1, -0.05) is 5.92 Å². The molecule has 0 aliphatic carbocycles. The predicted octanol–water partition coefficient (Wildman–Crippen LogP) is 4.33. The van der Waals surface area contributed by atoms with Crippen LogP contribution in [0.2, 0.25) is 0 Å². The minimum Gasteiger partial charge on any atom is -0.378 e. The first-order chi connectivity index (χ1) is 16.0. The van der Waals surface area contributed by atoms with E-state index in [2.05, 4.69) is 21.1 Å². The third-order valence-corrected chi connectivity index (χ3v) is 5.24. The Hall–Kier alpha value is -3.78. The molecule has 1 N–H and O–H groups in total. The van der Waals surface area contributed by atoms with E-state index in [1.807, 2.05) is 0 Å². The summed E-state index contributed by atoms with van der Waals surface area (Å²) in [6.07, 6.45) is 2.15. The maximum absolute atomic E-state index is 15.1. The number of alkyl halides is 2. The molecule has 4 rings (SSSR count). The topological polar surface area (TPSA) is 66.5 Å². The zero-order chi connectivity index (χ0) is 24.8. The van der Waals surface area contributed by atoms with Crippen molar-refractivity contribution in [1.82, 2.24) is 19.6 Å². The summed E-state index contributed by atoms with van der Waals surface area (Å²) in [6, 6.07) is 5.50. The van der Waals surface area contributed by atoms with Crippen molar-refractivity contribution in [3.05, 3.63) is 59.2 Å². The number of anilines is 2. The summed E-state index contributed by atoms with van der Waals surface area (Å²) in [5.41, 5.74) is -1.46. The lowest BCUT2D eigenvalue weighted by Gasteiger charge is -2.26. The number of hydrogen-bond acceptors (Lipinski definition) is 5. The van der Waals surface area contributed by atoms with Crippen LogP contribution in [0, 0.1) is 36.7 Å². The van der Waals surface area contributed by atoms with Crippen LogP contribution < -0.4 is 4.90 Å². The van der Waals surface area contributed by atoms with E-state index in [0.29, 0.717) is 5.82 Å². The molecule has 176 valence electrons. The fourth-order valence-corrected chi connectivity index (χ4v) is 3.78. The maximum Gasteiger partial charge on any atom is 0.257 e. The van der Waals surface area contributed by atoms with Crippen LogP contribution in [0.3, 0.4) is 0 Å². The first-order valence-corrected chi connectivity index (χ1v) is 10.1. The molecule has 0 fully saturated rings. The summed E-state index contributed by atoms with van der Waals surface area (Å²) < 4.78 is 72.4. The molecule has 0 aliphatic heterocycles. The molecular weight excluding hydrogens is 457 g/mol. The number of halogens is 5. The van der Waals surface area contributed by atoms with Crippen LogP contribution in [-0.2, 0) is 6.42 Å². The molecule has 0 bridgehead atoms. The van der Waals surface area contributed by atoms with Gasteiger partial charge in [-0.15, -0.1) is 16.6 Å². The summed E-state index contributed by atoms with van der Waals surface area (Å²) in [4.78, 5) is 5.05. The van der Waals surface area contributed by atoms with Crippen LogP contribution in [0.1, 0.15) is 18.3 Å². The van der Waals surface area contributed by atoms with Crippen LogP contribution in [-0.4, -0.2) is 43.3 Å². The van der Waals surface area contributed by atoms with Crippen molar-refractivity contribution in [2.45, 2.75) is 32.3 Å². The monoisotopic (exact) mass is 475 g/mol. The van der Waals surface area contributed by atoms with E-state index in [-0.39, 0.29) is 29.0 Å². The van der Waals surface area contributed by atoms with Crippen molar-refractivity contribution in [2.24, 2.45) is 0 Å². The lowest BCUT2D eigenvalue weighted by atomic mass is 9.97. The van der Waals surface area contributed by atoms with Crippen LogP contribution in [0.4, 0.5) is 33.5 Å². The highest BCUT2D eigenvalue weighted by Gasteiger charge is 2.26. The lowest BCUT2D eigenvalue weighted by Crippen LogP contribution is -2.27. The molecule has 1 unspecified atom stereocenters. The molecule has 0 radical (unpaired) electrons. The van der Waals surface area contributed by atoms with E-state index in [4.69, 9.17) is 6.42 Å². The van der Waals surface area contributed by atoms with Crippen molar-refractivity contribution >= 4 is 28.2 Å². The zero-order valence-corrected chi connectivity index (χ0v) is 18.0. The first kappa shape index (κ1) is 23.4. The van der Waals surface area contributed by atoms with Crippen LogP contribution in [0.5, 0.6) is 0 Å². The average Bonchev–Trinajstić information content (AvgIpc) is 3.14. The molecule has 2 aromatic carbocycles.